The van der Waals surface area contributed by atoms with Gasteiger partial charge in [-0.1, -0.05) is 48.5 Å². The van der Waals surface area contributed by atoms with Crippen molar-refractivity contribution in [2.24, 2.45) is 11.8 Å². The molecular formula is C23H26FN3O2. The number of amides is 2. The van der Waals surface area contributed by atoms with Crippen LogP contribution in [0.5, 0.6) is 0 Å². The molecule has 2 aromatic carbocycles. The van der Waals surface area contributed by atoms with Gasteiger partial charge in [0.15, 0.2) is 0 Å². The highest BCUT2D eigenvalue weighted by atomic mass is 19.1. The Morgan fingerprint density at radius 2 is 1.76 bits per heavy atom. The summed E-state index contributed by atoms with van der Waals surface area (Å²) in [6.07, 6.45) is 0. The first-order chi connectivity index (χ1) is 14.0. The van der Waals surface area contributed by atoms with E-state index < -0.39 is 0 Å². The van der Waals surface area contributed by atoms with Crippen LogP contribution in [-0.4, -0.2) is 47.8 Å². The Labute approximate surface area is 170 Å². The van der Waals surface area contributed by atoms with Crippen LogP contribution < -0.4 is 5.32 Å². The molecule has 3 atom stereocenters. The number of likely N-dealkylation sites (tertiary alicyclic amines) is 2. The molecule has 0 saturated carbocycles. The van der Waals surface area contributed by atoms with E-state index in [1.54, 1.807) is 6.07 Å². The number of carbonyl (C=O) groups excluding carboxylic acids is 2. The second-order valence-electron chi connectivity index (χ2n) is 8.02. The number of fused-ring (bicyclic) bond motifs is 1. The Hall–Kier alpha value is -2.73. The molecule has 4 rings (SSSR count). The quantitative estimate of drug-likeness (QED) is 0.847. The van der Waals surface area contributed by atoms with Gasteiger partial charge >= 0.3 is 0 Å². The third-order valence-electron chi connectivity index (χ3n) is 6.04. The minimum Gasteiger partial charge on any atom is -0.347 e. The largest absolute Gasteiger partial charge is 0.347 e. The van der Waals surface area contributed by atoms with Gasteiger partial charge in [-0.3, -0.25) is 14.5 Å². The van der Waals surface area contributed by atoms with E-state index in [-0.39, 0.29) is 30.2 Å². The van der Waals surface area contributed by atoms with Crippen molar-refractivity contribution in [3.63, 3.8) is 0 Å². The molecular weight excluding hydrogens is 369 g/mol. The summed E-state index contributed by atoms with van der Waals surface area (Å²) in [5.74, 6) is 0.212. The molecule has 2 fully saturated rings. The van der Waals surface area contributed by atoms with Gasteiger partial charge in [0, 0.05) is 44.6 Å². The highest BCUT2D eigenvalue weighted by Crippen LogP contribution is 2.45. The van der Waals surface area contributed by atoms with Crippen molar-refractivity contribution in [2.45, 2.75) is 19.5 Å². The standard InChI is InChI=1S/C23H26FN3O2/c1-16(28)25-11-22(29)27-14-19-13-26(12-18-9-5-6-10-21(18)24)15-20(19)23(27)17-7-3-2-4-8-17/h2-10,19-20,23H,11-15H2,1H3,(H,25,28)/t19-,20-,23+/m0/s1. The number of nitrogens with zero attached hydrogens (tertiary/aromatic N) is 2. The van der Waals surface area contributed by atoms with Gasteiger partial charge in [-0.2, -0.15) is 0 Å². The molecule has 2 aliphatic heterocycles. The van der Waals surface area contributed by atoms with E-state index in [0.717, 1.165) is 18.7 Å². The first-order valence-electron chi connectivity index (χ1n) is 10.1. The zero-order valence-electron chi connectivity index (χ0n) is 16.6. The van der Waals surface area contributed by atoms with Gasteiger partial charge in [0.2, 0.25) is 11.8 Å². The summed E-state index contributed by atoms with van der Waals surface area (Å²) in [4.78, 5) is 28.3. The van der Waals surface area contributed by atoms with Gasteiger partial charge in [-0.25, -0.2) is 4.39 Å². The summed E-state index contributed by atoms with van der Waals surface area (Å²) in [5, 5.41) is 2.63. The van der Waals surface area contributed by atoms with E-state index in [1.807, 2.05) is 35.2 Å². The van der Waals surface area contributed by atoms with E-state index in [9.17, 15) is 14.0 Å². The number of nitrogens with one attached hydrogen (secondary N) is 1. The molecule has 0 bridgehead atoms. The molecule has 0 spiro atoms. The fourth-order valence-electron chi connectivity index (χ4n) is 4.77. The third kappa shape index (κ3) is 4.17. The maximum absolute atomic E-state index is 14.1. The lowest BCUT2D eigenvalue weighted by Crippen LogP contribution is -2.41. The number of halogens is 1. The first-order valence-corrected chi connectivity index (χ1v) is 10.1. The van der Waals surface area contributed by atoms with Crippen LogP contribution in [-0.2, 0) is 16.1 Å². The molecule has 2 aliphatic rings. The molecule has 0 aliphatic carbocycles. The smallest absolute Gasteiger partial charge is 0.242 e. The molecule has 6 heteroatoms. The Morgan fingerprint density at radius 1 is 1.03 bits per heavy atom. The van der Waals surface area contributed by atoms with Gasteiger partial charge in [0.25, 0.3) is 0 Å². The third-order valence-corrected chi connectivity index (χ3v) is 6.04. The maximum Gasteiger partial charge on any atom is 0.242 e. The van der Waals surface area contributed by atoms with Crippen LogP contribution >= 0.6 is 0 Å². The fourth-order valence-corrected chi connectivity index (χ4v) is 4.77. The van der Waals surface area contributed by atoms with Crippen molar-refractivity contribution < 1.29 is 14.0 Å². The lowest BCUT2D eigenvalue weighted by atomic mass is 9.89. The first kappa shape index (κ1) is 19.6. The minimum atomic E-state index is -0.204. The van der Waals surface area contributed by atoms with E-state index in [0.29, 0.717) is 30.5 Å². The van der Waals surface area contributed by atoms with Crippen LogP contribution in [0.25, 0.3) is 0 Å². The minimum absolute atomic E-state index is 0.0203. The van der Waals surface area contributed by atoms with E-state index in [2.05, 4.69) is 22.3 Å². The molecule has 1 N–H and O–H groups in total. The monoisotopic (exact) mass is 395 g/mol. The normalized spacial score (nSPS) is 23.8. The second-order valence-corrected chi connectivity index (χ2v) is 8.02. The topological polar surface area (TPSA) is 52.7 Å². The SMILES string of the molecule is CC(=O)NCC(=O)N1C[C@@H]2CN(Cc3ccccc3F)C[C@@H]2[C@H]1c1ccccc1. The van der Waals surface area contributed by atoms with E-state index in [4.69, 9.17) is 0 Å². The molecule has 2 aromatic rings. The molecule has 2 heterocycles. The summed E-state index contributed by atoms with van der Waals surface area (Å²) < 4.78 is 14.1. The Kier molecular flexibility index (Phi) is 5.62. The summed E-state index contributed by atoms with van der Waals surface area (Å²) in [6.45, 7) is 4.35. The summed E-state index contributed by atoms with van der Waals surface area (Å²) in [7, 11) is 0. The number of benzene rings is 2. The van der Waals surface area contributed by atoms with Crippen LogP contribution in [0.1, 0.15) is 24.1 Å². The van der Waals surface area contributed by atoms with E-state index >= 15 is 0 Å². The molecule has 29 heavy (non-hydrogen) atoms. The fraction of sp³-hybridized carbons (Fsp3) is 0.391. The van der Waals surface area contributed by atoms with Crippen LogP contribution in [0.4, 0.5) is 4.39 Å². The summed E-state index contributed by atoms with van der Waals surface area (Å²) in [6, 6.07) is 17.0. The lowest BCUT2D eigenvalue weighted by molar-refractivity contribution is -0.133. The lowest BCUT2D eigenvalue weighted by Gasteiger charge is -2.30. The van der Waals surface area contributed by atoms with Gasteiger partial charge in [-0.15, -0.1) is 0 Å². The summed E-state index contributed by atoms with van der Waals surface area (Å²) in [5.41, 5.74) is 1.83. The number of carbonyl (C=O) groups is 2. The Bertz CT molecular complexity index is 889. The van der Waals surface area contributed by atoms with Gasteiger partial charge < -0.3 is 10.2 Å². The van der Waals surface area contributed by atoms with E-state index in [1.165, 1.54) is 13.0 Å². The predicted molar refractivity (Wildman–Crippen MR) is 108 cm³/mol. The van der Waals surface area contributed by atoms with Gasteiger partial charge in [0.1, 0.15) is 5.82 Å². The maximum atomic E-state index is 14.1. The highest BCUT2D eigenvalue weighted by molar-refractivity contribution is 5.84. The molecule has 0 unspecified atom stereocenters. The van der Waals surface area contributed by atoms with Crippen molar-refractivity contribution >= 4 is 11.8 Å². The second kappa shape index (κ2) is 8.33. The number of hydrogen-bond acceptors (Lipinski definition) is 3. The van der Waals surface area contributed by atoms with Crippen molar-refractivity contribution in [2.75, 3.05) is 26.2 Å². The Balaban J connectivity index is 1.52. The van der Waals surface area contributed by atoms with Crippen molar-refractivity contribution in [1.82, 2.24) is 15.1 Å². The molecule has 0 radical (unpaired) electrons. The van der Waals surface area contributed by atoms with Gasteiger partial charge in [-0.05, 0) is 17.5 Å². The average molecular weight is 395 g/mol. The predicted octanol–water partition coefficient (Wildman–Crippen LogP) is 2.59. The average Bonchev–Trinajstić information content (AvgIpc) is 3.25. The molecule has 0 aromatic heterocycles. The van der Waals surface area contributed by atoms with Crippen LogP contribution in [0.2, 0.25) is 0 Å². The van der Waals surface area contributed by atoms with Crippen LogP contribution in [0, 0.1) is 17.7 Å². The van der Waals surface area contributed by atoms with Gasteiger partial charge in [0.05, 0.1) is 12.6 Å². The number of hydrogen-bond donors (Lipinski definition) is 1. The zero-order valence-corrected chi connectivity index (χ0v) is 16.6. The molecule has 152 valence electrons. The van der Waals surface area contributed by atoms with Crippen molar-refractivity contribution in [3.8, 4) is 0 Å². The highest BCUT2D eigenvalue weighted by Gasteiger charge is 2.48. The molecule has 2 amide bonds. The number of rotatable bonds is 5. The molecule has 2 saturated heterocycles. The summed E-state index contributed by atoms with van der Waals surface area (Å²) >= 11 is 0. The molecule has 5 nitrogen and oxygen atoms in total. The van der Waals surface area contributed by atoms with Crippen molar-refractivity contribution in [3.05, 3.63) is 71.5 Å². The van der Waals surface area contributed by atoms with Crippen LogP contribution in [0.15, 0.2) is 54.6 Å². The zero-order chi connectivity index (χ0) is 20.4. The van der Waals surface area contributed by atoms with Crippen LogP contribution in [0.3, 0.4) is 0 Å². The van der Waals surface area contributed by atoms with Crippen molar-refractivity contribution in [1.29, 1.82) is 0 Å². The Morgan fingerprint density at radius 3 is 2.48 bits per heavy atom.